The van der Waals surface area contributed by atoms with Crippen LogP contribution < -0.4 is 5.32 Å². The van der Waals surface area contributed by atoms with Gasteiger partial charge in [0.05, 0.1) is 6.61 Å². The van der Waals surface area contributed by atoms with Crippen molar-refractivity contribution in [2.24, 2.45) is 5.92 Å². The van der Waals surface area contributed by atoms with Crippen LogP contribution in [0.1, 0.15) is 31.1 Å². The molecule has 0 aliphatic rings. The lowest BCUT2D eigenvalue weighted by Gasteiger charge is -2.28. The van der Waals surface area contributed by atoms with Gasteiger partial charge in [-0.05, 0) is 25.0 Å². The van der Waals surface area contributed by atoms with Gasteiger partial charge in [-0.2, -0.15) is 0 Å². The first kappa shape index (κ1) is 19.0. The van der Waals surface area contributed by atoms with E-state index in [1.165, 1.54) is 4.90 Å². The molecule has 0 aliphatic heterocycles. The van der Waals surface area contributed by atoms with Crippen LogP contribution in [0.25, 0.3) is 0 Å². The second-order valence-corrected chi connectivity index (χ2v) is 5.43. The van der Waals surface area contributed by atoms with Crippen LogP contribution in [0.15, 0.2) is 18.2 Å². The maximum atomic E-state index is 13.7. The average molecular weight is 328 g/mol. The second-order valence-electron chi connectivity index (χ2n) is 5.43. The fraction of sp³-hybridized carbons (Fsp3) is 0.500. The van der Waals surface area contributed by atoms with Crippen LogP contribution in [0, 0.1) is 17.6 Å². The number of benzene rings is 1. The summed E-state index contributed by atoms with van der Waals surface area (Å²) in [7, 11) is 0. The SMILES string of the molecule is CCN(CCO)C(=O)[C@@H](NC(=O)c1c(F)cccc1F)C(C)C. The van der Waals surface area contributed by atoms with Gasteiger partial charge in [0, 0.05) is 13.1 Å². The highest BCUT2D eigenvalue weighted by atomic mass is 19.1. The van der Waals surface area contributed by atoms with Gasteiger partial charge in [-0.25, -0.2) is 8.78 Å². The average Bonchev–Trinajstić information content (AvgIpc) is 2.49. The number of carbonyl (C=O) groups is 2. The van der Waals surface area contributed by atoms with E-state index in [-0.39, 0.29) is 19.1 Å². The van der Waals surface area contributed by atoms with E-state index in [4.69, 9.17) is 5.11 Å². The summed E-state index contributed by atoms with van der Waals surface area (Å²) in [5.74, 6) is -3.64. The Kier molecular flexibility index (Phi) is 7.09. The Hall–Kier alpha value is -2.02. The lowest BCUT2D eigenvalue weighted by atomic mass is 10.0. The van der Waals surface area contributed by atoms with Crippen LogP contribution in [0.3, 0.4) is 0 Å². The topological polar surface area (TPSA) is 69.6 Å². The molecule has 2 amide bonds. The van der Waals surface area contributed by atoms with Gasteiger partial charge in [0.2, 0.25) is 5.91 Å². The highest BCUT2D eigenvalue weighted by Gasteiger charge is 2.29. The number of hydrogen-bond acceptors (Lipinski definition) is 3. The largest absolute Gasteiger partial charge is 0.395 e. The Balaban J connectivity index is 3.00. The molecule has 128 valence electrons. The van der Waals surface area contributed by atoms with Crippen LogP contribution >= 0.6 is 0 Å². The number of nitrogens with zero attached hydrogens (tertiary/aromatic N) is 1. The molecule has 1 aromatic rings. The molecule has 0 spiro atoms. The molecular weight excluding hydrogens is 306 g/mol. The second kappa shape index (κ2) is 8.57. The predicted molar refractivity (Wildman–Crippen MR) is 81.8 cm³/mol. The van der Waals surface area contributed by atoms with E-state index < -0.39 is 35.1 Å². The Morgan fingerprint density at radius 3 is 2.26 bits per heavy atom. The Morgan fingerprint density at radius 2 is 1.83 bits per heavy atom. The van der Waals surface area contributed by atoms with Gasteiger partial charge in [0.25, 0.3) is 5.91 Å². The molecule has 0 aromatic heterocycles. The molecule has 0 bridgehead atoms. The molecule has 0 unspecified atom stereocenters. The summed E-state index contributed by atoms with van der Waals surface area (Å²) in [6.45, 7) is 5.44. The van der Waals surface area contributed by atoms with Crippen LogP contribution in [-0.2, 0) is 4.79 Å². The fourth-order valence-corrected chi connectivity index (χ4v) is 2.18. The summed E-state index contributed by atoms with van der Waals surface area (Å²) < 4.78 is 27.3. The van der Waals surface area contributed by atoms with E-state index in [1.807, 2.05) is 0 Å². The van der Waals surface area contributed by atoms with Crippen molar-refractivity contribution in [1.29, 1.82) is 0 Å². The quantitative estimate of drug-likeness (QED) is 0.798. The molecule has 0 fully saturated rings. The van der Waals surface area contributed by atoms with Gasteiger partial charge >= 0.3 is 0 Å². The summed E-state index contributed by atoms with van der Waals surface area (Å²) in [6.07, 6.45) is 0. The summed E-state index contributed by atoms with van der Waals surface area (Å²) in [5, 5.41) is 11.4. The molecule has 0 saturated heterocycles. The van der Waals surface area contributed by atoms with Crippen molar-refractivity contribution in [2.45, 2.75) is 26.8 Å². The lowest BCUT2D eigenvalue weighted by molar-refractivity contribution is -0.134. The first-order valence-corrected chi connectivity index (χ1v) is 7.48. The van der Waals surface area contributed by atoms with Crippen LogP contribution in [0.4, 0.5) is 8.78 Å². The first-order valence-electron chi connectivity index (χ1n) is 7.48. The summed E-state index contributed by atoms with van der Waals surface area (Å²) in [4.78, 5) is 26.0. The van der Waals surface area contributed by atoms with Crippen molar-refractivity contribution in [2.75, 3.05) is 19.7 Å². The molecule has 2 N–H and O–H groups in total. The monoisotopic (exact) mass is 328 g/mol. The molecule has 0 heterocycles. The zero-order valence-corrected chi connectivity index (χ0v) is 13.5. The third kappa shape index (κ3) is 4.72. The van der Waals surface area contributed by atoms with E-state index >= 15 is 0 Å². The Labute approximate surface area is 134 Å². The number of halogens is 2. The molecule has 5 nitrogen and oxygen atoms in total. The highest BCUT2D eigenvalue weighted by Crippen LogP contribution is 2.14. The molecular formula is C16H22F2N2O3. The minimum atomic E-state index is -0.986. The number of rotatable bonds is 7. The molecule has 23 heavy (non-hydrogen) atoms. The summed E-state index contributed by atoms with van der Waals surface area (Å²) >= 11 is 0. The van der Waals surface area contributed by atoms with Crippen molar-refractivity contribution in [3.63, 3.8) is 0 Å². The van der Waals surface area contributed by atoms with Crippen molar-refractivity contribution in [3.05, 3.63) is 35.4 Å². The van der Waals surface area contributed by atoms with E-state index in [1.54, 1.807) is 20.8 Å². The predicted octanol–water partition coefficient (Wildman–Crippen LogP) is 1.56. The Morgan fingerprint density at radius 1 is 1.26 bits per heavy atom. The first-order chi connectivity index (χ1) is 10.8. The van der Waals surface area contributed by atoms with Gasteiger partial charge in [-0.15, -0.1) is 0 Å². The lowest BCUT2D eigenvalue weighted by Crippen LogP contribution is -2.52. The zero-order valence-electron chi connectivity index (χ0n) is 13.5. The van der Waals surface area contributed by atoms with Crippen molar-refractivity contribution in [3.8, 4) is 0 Å². The van der Waals surface area contributed by atoms with E-state index in [2.05, 4.69) is 5.32 Å². The van der Waals surface area contributed by atoms with Crippen molar-refractivity contribution in [1.82, 2.24) is 10.2 Å². The number of aliphatic hydroxyl groups is 1. The van der Waals surface area contributed by atoms with Gasteiger partial charge in [-0.3, -0.25) is 9.59 Å². The molecule has 0 radical (unpaired) electrons. The number of carbonyl (C=O) groups excluding carboxylic acids is 2. The van der Waals surface area contributed by atoms with Gasteiger partial charge < -0.3 is 15.3 Å². The molecule has 0 aliphatic carbocycles. The van der Waals surface area contributed by atoms with E-state index in [0.717, 1.165) is 18.2 Å². The minimum absolute atomic E-state index is 0.127. The van der Waals surface area contributed by atoms with E-state index in [0.29, 0.717) is 6.54 Å². The smallest absolute Gasteiger partial charge is 0.257 e. The maximum Gasteiger partial charge on any atom is 0.257 e. The minimum Gasteiger partial charge on any atom is -0.395 e. The van der Waals surface area contributed by atoms with Crippen LogP contribution in [-0.4, -0.2) is 47.6 Å². The third-order valence-electron chi connectivity index (χ3n) is 3.47. The molecule has 1 aromatic carbocycles. The molecule has 1 rings (SSSR count). The zero-order chi connectivity index (χ0) is 17.6. The van der Waals surface area contributed by atoms with Gasteiger partial charge in [0.1, 0.15) is 23.2 Å². The van der Waals surface area contributed by atoms with Gasteiger partial charge in [-0.1, -0.05) is 19.9 Å². The number of aliphatic hydroxyl groups excluding tert-OH is 1. The maximum absolute atomic E-state index is 13.7. The number of hydrogen-bond donors (Lipinski definition) is 2. The van der Waals surface area contributed by atoms with E-state index in [9.17, 15) is 18.4 Å². The van der Waals surface area contributed by atoms with Crippen LogP contribution in [0.2, 0.25) is 0 Å². The number of amides is 2. The van der Waals surface area contributed by atoms with Gasteiger partial charge in [0.15, 0.2) is 0 Å². The summed E-state index contributed by atoms with van der Waals surface area (Å²) in [5.41, 5.74) is -0.712. The standard InChI is InChI=1S/C16H22F2N2O3/c1-4-20(8-9-21)16(23)14(10(2)3)19-15(22)13-11(17)6-5-7-12(13)18/h5-7,10,14,21H,4,8-9H2,1-3H3,(H,19,22)/t14-/m0/s1. The fourth-order valence-electron chi connectivity index (χ4n) is 2.18. The summed E-state index contributed by atoms with van der Waals surface area (Å²) in [6, 6.07) is 2.18. The molecule has 1 atom stereocenters. The van der Waals surface area contributed by atoms with Crippen LogP contribution in [0.5, 0.6) is 0 Å². The number of nitrogens with one attached hydrogen (secondary N) is 1. The normalized spacial score (nSPS) is 12.1. The highest BCUT2D eigenvalue weighted by molar-refractivity contribution is 5.98. The Bertz CT molecular complexity index is 544. The molecule has 0 saturated carbocycles. The third-order valence-corrected chi connectivity index (χ3v) is 3.47. The number of likely N-dealkylation sites (N-methyl/N-ethyl adjacent to an activating group) is 1. The molecule has 7 heteroatoms. The van der Waals surface area contributed by atoms with Crippen molar-refractivity contribution >= 4 is 11.8 Å². The van der Waals surface area contributed by atoms with Crippen molar-refractivity contribution < 1.29 is 23.5 Å².